The number of phosphoric ester groups is 1. The lowest BCUT2D eigenvalue weighted by molar-refractivity contribution is -0.870. The number of carbonyl (C=O) groups is 1. The van der Waals surface area contributed by atoms with E-state index in [4.69, 9.17) is 18.5 Å². The van der Waals surface area contributed by atoms with E-state index in [0.29, 0.717) is 24.1 Å². The number of nitrogens with zero attached hydrogens (tertiary/aromatic N) is 1. The first-order chi connectivity index (χ1) is 26.6. The zero-order valence-electron chi connectivity index (χ0n) is 35.9. The van der Waals surface area contributed by atoms with Crippen LogP contribution in [0, 0.1) is 0 Å². The molecule has 55 heavy (non-hydrogen) atoms. The second-order valence-electron chi connectivity index (χ2n) is 15.3. The number of carbonyl (C=O) groups excluding carboxylic acids is 1. The van der Waals surface area contributed by atoms with Crippen LogP contribution in [0.5, 0.6) is 0 Å². The Kier molecular flexibility index (Phi) is 37.3. The van der Waals surface area contributed by atoms with Gasteiger partial charge in [-0.25, -0.2) is 4.57 Å². The lowest BCUT2D eigenvalue weighted by atomic mass is 10.1. The number of unbranched alkanes of at least 4 members (excludes halogenated alkanes) is 13. The normalized spacial score (nSPS) is 14.5. The molecule has 0 aromatic carbocycles. The molecule has 0 aliphatic carbocycles. The Morgan fingerprint density at radius 1 is 0.582 bits per heavy atom. The van der Waals surface area contributed by atoms with E-state index in [1.165, 1.54) is 77.0 Å². The second-order valence-corrected chi connectivity index (χ2v) is 16.8. The highest BCUT2D eigenvalue weighted by molar-refractivity contribution is 7.47. The van der Waals surface area contributed by atoms with Gasteiger partial charge in [-0.2, -0.15) is 0 Å². The van der Waals surface area contributed by atoms with Crippen molar-refractivity contribution in [2.45, 2.75) is 161 Å². The average Bonchev–Trinajstić information content (AvgIpc) is 3.13. The number of ether oxygens (including phenoxy) is 2. The summed E-state index contributed by atoms with van der Waals surface area (Å²) in [7, 11) is 1.62. The van der Waals surface area contributed by atoms with Gasteiger partial charge in [-0.1, -0.05) is 145 Å². The van der Waals surface area contributed by atoms with Gasteiger partial charge in [0, 0.05) is 13.0 Å². The van der Waals surface area contributed by atoms with Gasteiger partial charge >= 0.3 is 13.8 Å². The van der Waals surface area contributed by atoms with Crippen LogP contribution in [0.15, 0.2) is 72.9 Å². The van der Waals surface area contributed by atoms with Crippen LogP contribution in [0.3, 0.4) is 0 Å². The minimum absolute atomic E-state index is 0.0734. The molecular formula is C46H83NO7P+. The number of hydrogen-bond acceptors (Lipinski definition) is 6. The molecule has 318 valence electrons. The van der Waals surface area contributed by atoms with Crippen LogP contribution in [0.1, 0.15) is 155 Å². The summed E-state index contributed by atoms with van der Waals surface area (Å²) in [5.74, 6) is -0.375. The van der Waals surface area contributed by atoms with E-state index < -0.39 is 13.9 Å². The summed E-state index contributed by atoms with van der Waals surface area (Å²) < 4.78 is 34.9. The van der Waals surface area contributed by atoms with Gasteiger partial charge in [-0.15, -0.1) is 0 Å². The molecule has 0 bridgehead atoms. The third-order valence-corrected chi connectivity index (χ3v) is 9.74. The quantitative estimate of drug-likeness (QED) is 0.0218. The van der Waals surface area contributed by atoms with Gasteiger partial charge in [0.25, 0.3) is 0 Å². The molecule has 1 N–H and O–H groups in total. The fourth-order valence-corrected chi connectivity index (χ4v) is 6.15. The first kappa shape index (κ1) is 52.9. The van der Waals surface area contributed by atoms with E-state index >= 15 is 0 Å². The molecule has 0 saturated heterocycles. The molecule has 0 aromatic rings. The van der Waals surface area contributed by atoms with Crippen LogP contribution in [0.25, 0.3) is 0 Å². The van der Waals surface area contributed by atoms with Crippen LogP contribution >= 0.6 is 7.82 Å². The molecular weight excluding hydrogens is 709 g/mol. The van der Waals surface area contributed by atoms with Crippen molar-refractivity contribution in [1.82, 2.24) is 0 Å². The van der Waals surface area contributed by atoms with E-state index in [1.54, 1.807) is 0 Å². The number of allylic oxidation sites excluding steroid dienone is 12. The highest BCUT2D eigenvalue weighted by Crippen LogP contribution is 2.43. The number of hydrogen-bond donors (Lipinski definition) is 1. The Hall–Kier alpha value is -2.06. The largest absolute Gasteiger partial charge is 0.472 e. The predicted octanol–water partition coefficient (Wildman–Crippen LogP) is 12.7. The van der Waals surface area contributed by atoms with Crippen molar-refractivity contribution < 1.29 is 37.3 Å². The molecule has 0 aliphatic rings. The molecule has 8 nitrogen and oxygen atoms in total. The zero-order chi connectivity index (χ0) is 40.6. The summed E-state index contributed by atoms with van der Waals surface area (Å²) >= 11 is 0. The number of quaternary nitrogens is 1. The van der Waals surface area contributed by atoms with Gasteiger partial charge < -0.3 is 18.9 Å². The molecule has 0 fully saturated rings. The number of rotatable bonds is 39. The molecule has 2 atom stereocenters. The third-order valence-electron chi connectivity index (χ3n) is 8.75. The monoisotopic (exact) mass is 793 g/mol. The molecule has 0 aliphatic heterocycles. The summed E-state index contributed by atoms with van der Waals surface area (Å²) in [6.07, 6.45) is 49.4. The summed E-state index contributed by atoms with van der Waals surface area (Å²) in [5, 5.41) is 0. The summed E-state index contributed by atoms with van der Waals surface area (Å²) in [5.41, 5.74) is 0. The van der Waals surface area contributed by atoms with Gasteiger partial charge in [0.15, 0.2) is 0 Å². The van der Waals surface area contributed by atoms with Crippen molar-refractivity contribution in [3.05, 3.63) is 72.9 Å². The van der Waals surface area contributed by atoms with E-state index in [9.17, 15) is 14.3 Å². The molecule has 0 amide bonds. The molecule has 0 radical (unpaired) electrons. The molecule has 0 heterocycles. The predicted molar refractivity (Wildman–Crippen MR) is 233 cm³/mol. The minimum Gasteiger partial charge on any atom is -0.457 e. The number of esters is 1. The first-order valence-electron chi connectivity index (χ1n) is 21.7. The van der Waals surface area contributed by atoms with Crippen LogP contribution in [0.2, 0.25) is 0 Å². The first-order valence-corrected chi connectivity index (χ1v) is 23.2. The Labute approximate surface area is 338 Å². The number of likely N-dealkylation sites (N-methyl/N-ethyl adjacent to an activating group) is 1. The highest BCUT2D eigenvalue weighted by Gasteiger charge is 2.26. The zero-order valence-corrected chi connectivity index (χ0v) is 36.8. The highest BCUT2D eigenvalue weighted by atomic mass is 31.2. The fourth-order valence-electron chi connectivity index (χ4n) is 5.40. The Morgan fingerprint density at radius 3 is 1.60 bits per heavy atom. The SMILES string of the molecule is CC/C=C\C/C=C\C/C=C\C/C=C\C/C=C\CCCC(=O)OC(COCCCCCCCC/C=C\CCCCCCCC)COP(=O)(O)OCC[N+](C)(C)C. The van der Waals surface area contributed by atoms with Crippen molar-refractivity contribution in [3.8, 4) is 0 Å². The number of phosphoric acid groups is 1. The lowest BCUT2D eigenvalue weighted by Gasteiger charge is -2.24. The fraction of sp³-hybridized carbons (Fsp3) is 0.717. The van der Waals surface area contributed by atoms with Crippen molar-refractivity contribution in [2.24, 2.45) is 0 Å². The Bertz CT molecular complexity index is 1110. The van der Waals surface area contributed by atoms with Gasteiger partial charge in [-0.05, 0) is 77.0 Å². The minimum atomic E-state index is -4.29. The van der Waals surface area contributed by atoms with Gasteiger partial charge in [0.1, 0.15) is 19.3 Å². The molecule has 0 aromatic heterocycles. The summed E-state index contributed by atoms with van der Waals surface area (Å²) in [4.78, 5) is 22.8. The topological polar surface area (TPSA) is 91.3 Å². The van der Waals surface area contributed by atoms with Crippen LogP contribution in [-0.4, -0.2) is 75.6 Å². The van der Waals surface area contributed by atoms with E-state index in [1.807, 2.05) is 21.1 Å². The maximum absolute atomic E-state index is 12.7. The standard InChI is InChI=1S/C46H82NO7P/c1-6-8-10-12-14-16-18-20-22-24-25-27-29-31-33-35-37-39-46(48)54-45(44-53-55(49,50)52-42-40-47(3,4)5)43-51-41-38-36-34-32-30-28-26-23-21-19-17-15-13-11-9-7-2/h8,10,14,16,20-23,25,27,31,33,45H,6-7,9,11-13,15,17-19,24,26,28-30,32,34-44H2,1-5H3/p+1/b10-8-,16-14-,22-20-,23-21-,27-25-,33-31-. The Morgan fingerprint density at radius 2 is 1.05 bits per heavy atom. The van der Waals surface area contributed by atoms with Crippen molar-refractivity contribution in [2.75, 3.05) is 54.1 Å². The summed E-state index contributed by atoms with van der Waals surface area (Å²) in [6, 6.07) is 0. The smallest absolute Gasteiger partial charge is 0.457 e. The van der Waals surface area contributed by atoms with Crippen molar-refractivity contribution in [3.63, 3.8) is 0 Å². The average molecular weight is 793 g/mol. The van der Waals surface area contributed by atoms with Gasteiger partial charge in [0.2, 0.25) is 0 Å². The van der Waals surface area contributed by atoms with E-state index in [-0.39, 0.29) is 32.2 Å². The Balaban J connectivity index is 4.37. The molecule has 0 saturated carbocycles. The van der Waals surface area contributed by atoms with Crippen molar-refractivity contribution in [1.29, 1.82) is 0 Å². The van der Waals surface area contributed by atoms with E-state index in [0.717, 1.165) is 51.4 Å². The lowest BCUT2D eigenvalue weighted by Crippen LogP contribution is -2.37. The maximum Gasteiger partial charge on any atom is 0.472 e. The van der Waals surface area contributed by atoms with Crippen molar-refractivity contribution >= 4 is 13.8 Å². The summed E-state index contributed by atoms with van der Waals surface area (Å²) in [6.45, 7) is 5.39. The molecule has 9 heteroatoms. The maximum atomic E-state index is 12.7. The molecule has 2 unspecified atom stereocenters. The molecule has 0 spiro atoms. The second kappa shape index (κ2) is 38.8. The molecule has 0 rings (SSSR count). The van der Waals surface area contributed by atoms with Gasteiger partial charge in [0.05, 0.1) is 34.4 Å². The van der Waals surface area contributed by atoms with Crippen LogP contribution < -0.4 is 0 Å². The third kappa shape index (κ3) is 42.9. The van der Waals surface area contributed by atoms with Gasteiger partial charge in [-0.3, -0.25) is 13.8 Å². The van der Waals surface area contributed by atoms with Crippen LogP contribution in [0.4, 0.5) is 0 Å². The van der Waals surface area contributed by atoms with E-state index in [2.05, 4.69) is 86.8 Å². The van der Waals surface area contributed by atoms with Crippen LogP contribution in [-0.2, 0) is 27.9 Å².